The summed E-state index contributed by atoms with van der Waals surface area (Å²) in [6.45, 7) is 4.72. The van der Waals surface area contributed by atoms with Crippen LogP contribution in [-0.4, -0.2) is 53.2 Å². The number of pyridine rings is 1. The Kier molecular flexibility index (Phi) is 7.47. The number of nitrogens with two attached hydrogens (primary N) is 1. The van der Waals surface area contributed by atoms with Gasteiger partial charge in [0.1, 0.15) is 34.1 Å². The minimum absolute atomic E-state index is 0.0977. The number of amides is 2. The standard InChI is InChI=1S/C33H31FN8O4/c1-32(2,31(45)46)40-23(43)15-12-18-10-13-20(14-11-18)33(3)24-26(35)37-28(38-27(24)39-30(33)44)25-21-8-6-16-36-29(21)42(41-25)17-19-7-4-5-9-22(19)34/h4-11,13-14,16H,12,15,17H2,1-3H3,(H,40,43)(H,45,46)(H3,35,37,38,39,44)/t33-/m1/s1. The smallest absolute Gasteiger partial charge is 0.328 e. The number of nitrogens with one attached hydrogen (secondary N) is 2. The fraction of sp³-hybridized carbons (Fsp3) is 0.242. The number of anilines is 2. The van der Waals surface area contributed by atoms with E-state index < -0.39 is 16.9 Å². The summed E-state index contributed by atoms with van der Waals surface area (Å²) in [5.74, 6) is -1.65. The fourth-order valence-electron chi connectivity index (χ4n) is 5.59. The van der Waals surface area contributed by atoms with E-state index in [2.05, 4.69) is 30.7 Å². The highest BCUT2D eigenvalue weighted by Crippen LogP contribution is 2.45. The average molecular weight is 623 g/mol. The van der Waals surface area contributed by atoms with E-state index in [0.29, 0.717) is 39.8 Å². The molecule has 1 aliphatic heterocycles. The molecule has 5 N–H and O–H groups in total. The van der Waals surface area contributed by atoms with Gasteiger partial charge in [-0.2, -0.15) is 5.10 Å². The molecule has 0 radical (unpaired) electrons. The topological polar surface area (TPSA) is 178 Å². The van der Waals surface area contributed by atoms with Crippen molar-refractivity contribution >= 4 is 40.5 Å². The van der Waals surface area contributed by atoms with Crippen LogP contribution in [0.1, 0.15) is 49.4 Å². The second-order valence-electron chi connectivity index (χ2n) is 11.9. The molecule has 0 saturated carbocycles. The second kappa shape index (κ2) is 11.3. The van der Waals surface area contributed by atoms with Crippen LogP contribution < -0.4 is 16.4 Å². The molecule has 0 unspecified atom stereocenters. The molecule has 1 aliphatic rings. The molecule has 13 heteroatoms. The second-order valence-corrected chi connectivity index (χ2v) is 11.9. The zero-order chi connectivity index (χ0) is 32.8. The zero-order valence-electron chi connectivity index (χ0n) is 25.3. The monoisotopic (exact) mass is 622 g/mol. The number of aliphatic carboxylic acids is 1. The lowest BCUT2D eigenvalue weighted by Gasteiger charge is -2.24. The minimum atomic E-state index is -1.37. The Morgan fingerprint density at radius 2 is 1.83 bits per heavy atom. The lowest BCUT2D eigenvalue weighted by atomic mass is 9.77. The number of carbonyl (C=O) groups is 3. The van der Waals surface area contributed by atoms with Crippen molar-refractivity contribution in [3.63, 3.8) is 0 Å². The molecule has 5 aromatic rings. The Hall–Kier alpha value is -5.72. The van der Waals surface area contributed by atoms with Crippen molar-refractivity contribution in [3.8, 4) is 11.5 Å². The number of fused-ring (bicyclic) bond motifs is 2. The minimum Gasteiger partial charge on any atom is -0.480 e. The summed E-state index contributed by atoms with van der Waals surface area (Å²) >= 11 is 0. The van der Waals surface area contributed by atoms with Crippen molar-refractivity contribution in [2.24, 2.45) is 0 Å². The van der Waals surface area contributed by atoms with E-state index in [1.807, 2.05) is 18.2 Å². The Morgan fingerprint density at radius 3 is 2.54 bits per heavy atom. The molecular weight excluding hydrogens is 591 g/mol. The van der Waals surface area contributed by atoms with E-state index in [-0.39, 0.29) is 48.1 Å². The summed E-state index contributed by atoms with van der Waals surface area (Å²) in [4.78, 5) is 50.8. The van der Waals surface area contributed by atoms with Crippen LogP contribution in [0, 0.1) is 5.82 Å². The van der Waals surface area contributed by atoms with Gasteiger partial charge < -0.3 is 21.5 Å². The molecule has 4 heterocycles. The molecule has 12 nitrogen and oxygen atoms in total. The summed E-state index contributed by atoms with van der Waals surface area (Å²) in [5.41, 5.74) is 7.22. The molecule has 0 fully saturated rings. The third-order valence-electron chi connectivity index (χ3n) is 8.28. The largest absolute Gasteiger partial charge is 0.480 e. The van der Waals surface area contributed by atoms with Crippen molar-refractivity contribution in [1.82, 2.24) is 30.0 Å². The number of hydrogen-bond donors (Lipinski definition) is 4. The van der Waals surface area contributed by atoms with Gasteiger partial charge in [-0.25, -0.2) is 28.8 Å². The molecular formula is C33H31FN8O4. The maximum atomic E-state index is 14.5. The van der Waals surface area contributed by atoms with Gasteiger partial charge in [-0.1, -0.05) is 42.5 Å². The number of aryl methyl sites for hydroxylation is 1. The predicted octanol–water partition coefficient (Wildman–Crippen LogP) is 3.83. The van der Waals surface area contributed by atoms with Crippen LogP contribution in [0.25, 0.3) is 22.6 Å². The fourth-order valence-corrected chi connectivity index (χ4v) is 5.59. The number of hydrogen-bond acceptors (Lipinski definition) is 8. The third kappa shape index (κ3) is 5.29. The van der Waals surface area contributed by atoms with Crippen LogP contribution in [0.3, 0.4) is 0 Å². The van der Waals surface area contributed by atoms with Crippen LogP contribution in [0.15, 0.2) is 66.9 Å². The summed E-state index contributed by atoms with van der Waals surface area (Å²) in [7, 11) is 0. The summed E-state index contributed by atoms with van der Waals surface area (Å²) < 4.78 is 16.0. The van der Waals surface area contributed by atoms with E-state index in [0.717, 1.165) is 5.56 Å². The molecule has 234 valence electrons. The Labute approximate surface area is 262 Å². The van der Waals surface area contributed by atoms with Crippen LogP contribution in [0.5, 0.6) is 0 Å². The predicted molar refractivity (Wildman–Crippen MR) is 168 cm³/mol. The Balaban J connectivity index is 1.28. The number of halogens is 1. The summed E-state index contributed by atoms with van der Waals surface area (Å²) in [6, 6.07) is 17.2. The number of nitrogens with zero attached hydrogens (tertiary/aromatic N) is 5. The molecule has 0 aliphatic carbocycles. The highest BCUT2D eigenvalue weighted by molar-refractivity contribution is 6.09. The molecule has 0 saturated heterocycles. The van der Waals surface area contributed by atoms with Gasteiger partial charge in [0.05, 0.1) is 17.5 Å². The lowest BCUT2D eigenvalue weighted by molar-refractivity contribution is -0.146. The first-order valence-electron chi connectivity index (χ1n) is 14.6. The quantitative estimate of drug-likeness (QED) is 0.190. The molecule has 0 bridgehead atoms. The van der Waals surface area contributed by atoms with E-state index in [1.165, 1.54) is 19.9 Å². The van der Waals surface area contributed by atoms with E-state index in [1.54, 1.807) is 54.2 Å². The molecule has 1 atom stereocenters. The molecule has 6 rings (SSSR count). The maximum Gasteiger partial charge on any atom is 0.328 e. The highest BCUT2D eigenvalue weighted by atomic mass is 19.1. The van der Waals surface area contributed by atoms with Gasteiger partial charge >= 0.3 is 5.97 Å². The number of nitrogen functional groups attached to an aromatic ring is 1. The van der Waals surface area contributed by atoms with Crippen LogP contribution in [-0.2, 0) is 32.8 Å². The number of carboxylic acid groups (broad SMARTS) is 1. The first-order chi connectivity index (χ1) is 21.9. The lowest BCUT2D eigenvalue weighted by Crippen LogP contribution is -2.49. The van der Waals surface area contributed by atoms with Crippen LogP contribution >= 0.6 is 0 Å². The van der Waals surface area contributed by atoms with E-state index >= 15 is 0 Å². The molecule has 2 aromatic carbocycles. The van der Waals surface area contributed by atoms with Crippen LogP contribution in [0.2, 0.25) is 0 Å². The highest BCUT2D eigenvalue weighted by Gasteiger charge is 2.47. The SMILES string of the molecule is CC(C)(NC(=O)CCc1ccc([C@@]2(C)C(=O)Nc3nc(-c4nn(Cc5ccccc5F)c5ncccc45)nc(N)c32)cc1)C(=O)O. The summed E-state index contributed by atoms with van der Waals surface area (Å²) in [6.07, 6.45) is 2.10. The van der Waals surface area contributed by atoms with Crippen molar-refractivity contribution in [1.29, 1.82) is 0 Å². The van der Waals surface area contributed by atoms with Crippen molar-refractivity contribution in [2.45, 2.75) is 51.1 Å². The van der Waals surface area contributed by atoms with Gasteiger partial charge in [-0.3, -0.25) is 9.59 Å². The van der Waals surface area contributed by atoms with Gasteiger partial charge in [0, 0.05) is 18.2 Å². The van der Waals surface area contributed by atoms with E-state index in [9.17, 15) is 23.9 Å². The van der Waals surface area contributed by atoms with Crippen LogP contribution in [0.4, 0.5) is 16.0 Å². The number of benzene rings is 2. The number of rotatable bonds is 9. The van der Waals surface area contributed by atoms with Gasteiger partial charge in [0.15, 0.2) is 11.5 Å². The van der Waals surface area contributed by atoms with Gasteiger partial charge in [-0.15, -0.1) is 0 Å². The van der Waals surface area contributed by atoms with Gasteiger partial charge in [0.2, 0.25) is 11.8 Å². The van der Waals surface area contributed by atoms with Crippen molar-refractivity contribution < 1.29 is 23.9 Å². The first-order valence-corrected chi connectivity index (χ1v) is 14.6. The number of carboxylic acids is 1. The maximum absolute atomic E-state index is 14.5. The molecule has 0 spiro atoms. The molecule has 46 heavy (non-hydrogen) atoms. The molecule has 3 aromatic heterocycles. The Morgan fingerprint density at radius 1 is 1.09 bits per heavy atom. The van der Waals surface area contributed by atoms with Gasteiger partial charge in [0.25, 0.3) is 0 Å². The first kappa shape index (κ1) is 30.3. The molecule has 2 amide bonds. The summed E-state index contributed by atoms with van der Waals surface area (Å²) in [5, 5.41) is 19.9. The van der Waals surface area contributed by atoms with Gasteiger partial charge in [-0.05, 0) is 56.5 Å². The van der Waals surface area contributed by atoms with Crippen molar-refractivity contribution in [2.75, 3.05) is 11.1 Å². The average Bonchev–Trinajstić information content (AvgIpc) is 3.51. The normalized spacial score (nSPS) is 15.9. The number of aromatic nitrogens is 5. The zero-order valence-corrected chi connectivity index (χ0v) is 25.3. The van der Waals surface area contributed by atoms with E-state index in [4.69, 9.17) is 5.73 Å². The van der Waals surface area contributed by atoms with Crippen molar-refractivity contribution in [3.05, 3.63) is 94.9 Å². The third-order valence-corrected chi connectivity index (χ3v) is 8.28. The number of carbonyl (C=O) groups excluding carboxylic acids is 2. The Bertz CT molecular complexity index is 2020.